The molecule has 0 radical (unpaired) electrons. The lowest BCUT2D eigenvalue weighted by Gasteiger charge is -2.23. The van der Waals surface area contributed by atoms with E-state index in [0.29, 0.717) is 12.8 Å². The molecule has 0 spiro atoms. The van der Waals surface area contributed by atoms with E-state index in [1.165, 1.54) is 0 Å². The summed E-state index contributed by atoms with van der Waals surface area (Å²) in [6.07, 6.45) is 2.01. The number of aliphatic carboxylic acids is 1. The van der Waals surface area contributed by atoms with Gasteiger partial charge < -0.3 is 16.2 Å². The number of carboxylic acid groups (broad SMARTS) is 1. The molecule has 0 aromatic rings. The average Bonchev–Trinajstić information content (AvgIpc) is 2.80. The summed E-state index contributed by atoms with van der Waals surface area (Å²) in [6, 6.07) is 0. The van der Waals surface area contributed by atoms with E-state index in [-0.39, 0.29) is 18.4 Å². The SMILES string of the molecule is CCC1C[C@H](C(=O)NCC(C)(C)C(N)=O)[C@H](C(=O)O)C1. The molecule has 1 fully saturated rings. The molecule has 6 heteroatoms. The number of nitrogens with two attached hydrogens (primary N) is 1. The van der Waals surface area contributed by atoms with E-state index in [0.717, 1.165) is 6.42 Å². The third-order valence-electron chi connectivity index (χ3n) is 4.26. The fourth-order valence-corrected chi connectivity index (χ4v) is 2.57. The molecular weight excluding hydrogens is 260 g/mol. The van der Waals surface area contributed by atoms with E-state index >= 15 is 0 Å². The van der Waals surface area contributed by atoms with E-state index < -0.39 is 29.1 Å². The Morgan fingerprint density at radius 2 is 1.80 bits per heavy atom. The van der Waals surface area contributed by atoms with Crippen molar-refractivity contribution in [2.24, 2.45) is 28.9 Å². The van der Waals surface area contributed by atoms with Crippen LogP contribution in [0.15, 0.2) is 0 Å². The van der Waals surface area contributed by atoms with Crippen molar-refractivity contribution in [1.29, 1.82) is 0 Å². The van der Waals surface area contributed by atoms with E-state index in [2.05, 4.69) is 5.32 Å². The van der Waals surface area contributed by atoms with Gasteiger partial charge >= 0.3 is 5.97 Å². The van der Waals surface area contributed by atoms with Crippen molar-refractivity contribution in [3.63, 3.8) is 0 Å². The molecule has 0 aliphatic heterocycles. The zero-order chi connectivity index (χ0) is 15.5. The molecule has 1 unspecified atom stereocenters. The first kappa shape index (κ1) is 16.5. The maximum atomic E-state index is 12.2. The molecule has 20 heavy (non-hydrogen) atoms. The summed E-state index contributed by atoms with van der Waals surface area (Å²) >= 11 is 0. The lowest BCUT2D eigenvalue weighted by atomic mass is 9.91. The van der Waals surface area contributed by atoms with Gasteiger partial charge in [0.1, 0.15) is 0 Å². The normalized spacial score (nSPS) is 26.2. The van der Waals surface area contributed by atoms with Crippen LogP contribution in [-0.2, 0) is 14.4 Å². The van der Waals surface area contributed by atoms with E-state index in [4.69, 9.17) is 5.73 Å². The highest BCUT2D eigenvalue weighted by molar-refractivity contribution is 5.86. The molecule has 1 aliphatic rings. The largest absolute Gasteiger partial charge is 0.481 e. The average molecular weight is 284 g/mol. The summed E-state index contributed by atoms with van der Waals surface area (Å²) in [7, 11) is 0. The fraction of sp³-hybridized carbons (Fsp3) is 0.786. The highest BCUT2D eigenvalue weighted by Gasteiger charge is 2.42. The minimum atomic E-state index is -0.921. The van der Waals surface area contributed by atoms with Crippen molar-refractivity contribution in [3.05, 3.63) is 0 Å². The number of amides is 2. The molecule has 6 nitrogen and oxygen atoms in total. The molecule has 0 aromatic heterocycles. The van der Waals surface area contributed by atoms with E-state index in [1.54, 1.807) is 13.8 Å². The van der Waals surface area contributed by atoms with Crippen LogP contribution in [0.3, 0.4) is 0 Å². The fourth-order valence-electron chi connectivity index (χ4n) is 2.57. The van der Waals surface area contributed by atoms with Gasteiger partial charge in [0.15, 0.2) is 0 Å². The van der Waals surface area contributed by atoms with Crippen LogP contribution in [0.4, 0.5) is 0 Å². The molecular formula is C14H24N2O4. The predicted octanol–water partition coefficient (Wildman–Crippen LogP) is 0.751. The van der Waals surface area contributed by atoms with Crippen molar-refractivity contribution in [2.75, 3.05) is 6.54 Å². The van der Waals surface area contributed by atoms with Crippen LogP contribution in [-0.4, -0.2) is 29.4 Å². The first-order valence-electron chi connectivity index (χ1n) is 6.99. The van der Waals surface area contributed by atoms with Gasteiger partial charge in [0, 0.05) is 6.54 Å². The molecule has 0 bridgehead atoms. The van der Waals surface area contributed by atoms with Crippen molar-refractivity contribution in [2.45, 2.75) is 40.0 Å². The number of nitrogens with one attached hydrogen (secondary N) is 1. The Bertz CT molecular complexity index is 406. The summed E-state index contributed by atoms with van der Waals surface area (Å²) in [5.41, 5.74) is 4.41. The standard InChI is InChI=1S/C14H24N2O4/c1-4-8-5-9(10(6-8)12(18)19)11(17)16-7-14(2,3)13(15)20/h8-10H,4-7H2,1-3H3,(H2,15,20)(H,16,17)(H,18,19)/t8?,9-,10+/m0/s1. The second kappa shape index (κ2) is 6.24. The van der Waals surface area contributed by atoms with Crippen LogP contribution in [0.1, 0.15) is 40.0 Å². The number of primary amides is 1. The molecule has 0 saturated heterocycles. The van der Waals surface area contributed by atoms with Crippen LogP contribution >= 0.6 is 0 Å². The van der Waals surface area contributed by atoms with Crippen LogP contribution in [0.2, 0.25) is 0 Å². The number of hydrogen-bond donors (Lipinski definition) is 3. The number of carbonyl (C=O) groups is 3. The van der Waals surface area contributed by atoms with Crippen molar-refractivity contribution in [3.8, 4) is 0 Å². The smallest absolute Gasteiger partial charge is 0.307 e. The molecule has 3 atom stereocenters. The van der Waals surface area contributed by atoms with Crippen LogP contribution in [0.25, 0.3) is 0 Å². The van der Waals surface area contributed by atoms with Crippen LogP contribution in [0.5, 0.6) is 0 Å². The molecule has 0 aromatic carbocycles. The van der Waals surface area contributed by atoms with Gasteiger partial charge in [-0.2, -0.15) is 0 Å². The summed E-state index contributed by atoms with van der Waals surface area (Å²) in [4.78, 5) is 34.6. The minimum Gasteiger partial charge on any atom is -0.481 e. The monoisotopic (exact) mass is 284 g/mol. The Kier molecular flexibility index (Phi) is 5.14. The highest BCUT2D eigenvalue weighted by Crippen LogP contribution is 2.38. The van der Waals surface area contributed by atoms with Crippen LogP contribution in [0, 0.1) is 23.2 Å². The summed E-state index contributed by atoms with van der Waals surface area (Å²) in [5.74, 6) is -2.57. The van der Waals surface area contributed by atoms with Gasteiger partial charge in [0.05, 0.1) is 17.3 Å². The summed E-state index contributed by atoms with van der Waals surface area (Å²) in [6.45, 7) is 5.42. The van der Waals surface area contributed by atoms with Crippen molar-refractivity contribution in [1.82, 2.24) is 5.32 Å². The van der Waals surface area contributed by atoms with E-state index in [1.807, 2.05) is 6.92 Å². The third kappa shape index (κ3) is 3.71. The number of carbonyl (C=O) groups excluding carboxylic acids is 2. The quantitative estimate of drug-likeness (QED) is 0.668. The summed E-state index contributed by atoms with van der Waals surface area (Å²) in [5, 5.41) is 11.9. The van der Waals surface area contributed by atoms with Gasteiger partial charge in [-0.1, -0.05) is 13.3 Å². The number of hydrogen-bond acceptors (Lipinski definition) is 3. The number of carboxylic acids is 1. The molecule has 1 rings (SSSR count). The Balaban J connectivity index is 2.66. The van der Waals surface area contributed by atoms with E-state index in [9.17, 15) is 19.5 Å². The highest BCUT2D eigenvalue weighted by atomic mass is 16.4. The molecule has 1 aliphatic carbocycles. The molecule has 4 N–H and O–H groups in total. The Morgan fingerprint density at radius 3 is 2.25 bits per heavy atom. The van der Waals surface area contributed by atoms with Crippen molar-refractivity contribution < 1.29 is 19.5 Å². The van der Waals surface area contributed by atoms with Gasteiger partial charge in [-0.15, -0.1) is 0 Å². The maximum Gasteiger partial charge on any atom is 0.307 e. The third-order valence-corrected chi connectivity index (χ3v) is 4.26. The number of rotatable bonds is 6. The molecule has 114 valence electrons. The maximum absolute atomic E-state index is 12.2. The Labute approximate surface area is 119 Å². The lowest BCUT2D eigenvalue weighted by Crippen LogP contribution is -2.45. The second-order valence-electron chi connectivity index (χ2n) is 6.26. The van der Waals surface area contributed by atoms with Gasteiger partial charge in [-0.3, -0.25) is 14.4 Å². The topological polar surface area (TPSA) is 109 Å². The van der Waals surface area contributed by atoms with Crippen LogP contribution < -0.4 is 11.1 Å². The molecule has 0 heterocycles. The summed E-state index contributed by atoms with van der Waals surface area (Å²) < 4.78 is 0. The lowest BCUT2D eigenvalue weighted by molar-refractivity contribution is -0.146. The Hall–Kier alpha value is -1.59. The minimum absolute atomic E-state index is 0.126. The van der Waals surface area contributed by atoms with Gasteiger partial charge in [0.25, 0.3) is 0 Å². The predicted molar refractivity (Wildman–Crippen MR) is 73.6 cm³/mol. The zero-order valence-electron chi connectivity index (χ0n) is 12.3. The van der Waals surface area contributed by atoms with Gasteiger partial charge in [0.2, 0.25) is 11.8 Å². The van der Waals surface area contributed by atoms with Gasteiger partial charge in [-0.05, 0) is 32.6 Å². The molecule has 2 amide bonds. The first-order valence-corrected chi connectivity index (χ1v) is 6.99. The van der Waals surface area contributed by atoms with Gasteiger partial charge in [-0.25, -0.2) is 0 Å². The zero-order valence-corrected chi connectivity index (χ0v) is 12.3. The molecule has 1 saturated carbocycles. The van der Waals surface area contributed by atoms with Crippen molar-refractivity contribution >= 4 is 17.8 Å². The second-order valence-corrected chi connectivity index (χ2v) is 6.26. The first-order chi connectivity index (χ1) is 9.19. The Morgan fingerprint density at radius 1 is 1.25 bits per heavy atom.